The maximum Gasteiger partial charge on any atom is 0.227 e. The molecule has 5 heteroatoms. The second kappa shape index (κ2) is 11.1. The van der Waals surface area contributed by atoms with Crippen LogP contribution in [0.25, 0.3) is 0 Å². The first-order valence-electron chi connectivity index (χ1n) is 8.50. The van der Waals surface area contributed by atoms with Crippen LogP contribution < -0.4 is 16.8 Å². The predicted octanol–water partition coefficient (Wildman–Crippen LogP) is 2.22. The number of allylic oxidation sites excluding steroid dienone is 1. The van der Waals surface area contributed by atoms with Gasteiger partial charge in [0.1, 0.15) is 0 Å². The van der Waals surface area contributed by atoms with Gasteiger partial charge in [0.25, 0.3) is 0 Å². The number of amides is 1. The van der Waals surface area contributed by atoms with Crippen LogP contribution in [0.5, 0.6) is 0 Å². The molecule has 1 fully saturated rings. The van der Waals surface area contributed by atoms with E-state index in [-0.39, 0.29) is 5.91 Å². The minimum atomic E-state index is 0.168. The smallest absolute Gasteiger partial charge is 0.227 e. The summed E-state index contributed by atoms with van der Waals surface area (Å²) in [5, 5.41) is 3.33. The molecule has 0 radical (unpaired) electrons. The van der Waals surface area contributed by atoms with Crippen molar-refractivity contribution in [1.29, 1.82) is 0 Å². The molecule has 136 valence electrons. The lowest BCUT2D eigenvalue weighted by Gasteiger charge is -2.34. The highest BCUT2D eigenvalue weighted by molar-refractivity contribution is 5.79. The lowest BCUT2D eigenvalue weighted by atomic mass is 10.0. The maximum absolute atomic E-state index is 12.5. The standard InChI is InChI=1S/C16H23N3O.C4H7N/c1-2-11-19(15-7-9-18-10-8-15)16(20)12-13-3-5-14(17)6-4-13;1-3-4(2)5/h2-6,15,18H,1,7-12,17H2;3H,1-2,5H2. The topological polar surface area (TPSA) is 84.4 Å². The lowest BCUT2D eigenvalue weighted by Crippen LogP contribution is -2.46. The molecule has 1 heterocycles. The fourth-order valence-electron chi connectivity index (χ4n) is 2.62. The summed E-state index contributed by atoms with van der Waals surface area (Å²) in [5.74, 6) is 0.168. The molecule has 0 atom stereocenters. The molecule has 0 bridgehead atoms. The molecule has 0 aromatic heterocycles. The molecule has 1 saturated heterocycles. The Bertz CT molecular complexity index is 574. The minimum absolute atomic E-state index is 0.168. The van der Waals surface area contributed by atoms with Crippen LogP contribution in [0.1, 0.15) is 18.4 Å². The van der Waals surface area contributed by atoms with Gasteiger partial charge in [-0.3, -0.25) is 4.79 Å². The number of nitrogens with zero attached hydrogens (tertiary/aromatic N) is 1. The largest absolute Gasteiger partial charge is 0.399 e. The van der Waals surface area contributed by atoms with Crippen LogP contribution in [0, 0.1) is 0 Å². The highest BCUT2D eigenvalue weighted by Gasteiger charge is 2.24. The molecule has 5 N–H and O–H groups in total. The Kier molecular flexibility index (Phi) is 9.11. The summed E-state index contributed by atoms with van der Waals surface area (Å²) >= 11 is 0. The number of carbonyl (C=O) groups excluding carboxylic acids is 1. The molecule has 0 saturated carbocycles. The number of hydrogen-bond donors (Lipinski definition) is 3. The summed E-state index contributed by atoms with van der Waals surface area (Å²) in [4.78, 5) is 14.5. The van der Waals surface area contributed by atoms with Crippen LogP contribution >= 0.6 is 0 Å². The van der Waals surface area contributed by atoms with Crippen molar-refractivity contribution in [2.45, 2.75) is 25.3 Å². The number of nitrogens with one attached hydrogen (secondary N) is 1. The van der Waals surface area contributed by atoms with Gasteiger partial charge in [0.05, 0.1) is 6.42 Å². The zero-order chi connectivity index (χ0) is 18.7. The number of carbonyl (C=O) groups is 1. The molecule has 0 aliphatic carbocycles. The summed E-state index contributed by atoms with van der Waals surface area (Å²) in [7, 11) is 0. The van der Waals surface area contributed by atoms with Gasteiger partial charge in [-0.25, -0.2) is 0 Å². The van der Waals surface area contributed by atoms with E-state index in [2.05, 4.69) is 25.1 Å². The van der Waals surface area contributed by atoms with E-state index < -0.39 is 0 Å². The molecule has 1 aliphatic heterocycles. The average Bonchev–Trinajstić information content (AvgIpc) is 2.62. The van der Waals surface area contributed by atoms with Gasteiger partial charge in [0.2, 0.25) is 5.91 Å². The SMILES string of the molecule is C=CC(=C)N.C=CCN(C(=O)Cc1ccc(N)cc1)C1CCNCC1. The monoisotopic (exact) mass is 342 g/mol. The average molecular weight is 342 g/mol. The van der Waals surface area contributed by atoms with E-state index in [1.54, 1.807) is 0 Å². The Morgan fingerprint density at radius 1 is 1.24 bits per heavy atom. The van der Waals surface area contributed by atoms with E-state index in [1.165, 1.54) is 6.08 Å². The number of anilines is 1. The lowest BCUT2D eigenvalue weighted by molar-refractivity contribution is -0.132. The van der Waals surface area contributed by atoms with Gasteiger partial charge in [-0.1, -0.05) is 31.4 Å². The normalized spacial score (nSPS) is 13.9. The first-order chi connectivity index (χ1) is 12.0. The molecule has 2 rings (SSSR count). The Morgan fingerprint density at radius 2 is 1.80 bits per heavy atom. The zero-order valence-electron chi connectivity index (χ0n) is 14.9. The van der Waals surface area contributed by atoms with Gasteiger partial charge in [0, 0.05) is 24.0 Å². The van der Waals surface area contributed by atoms with Crippen molar-refractivity contribution in [3.63, 3.8) is 0 Å². The number of nitrogen functional groups attached to an aromatic ring is 1. The van der Waals surface area contributed by atoms with Gasteiger partial charge in [-0.2, -0.15) is 0 Å². The molecule has 1 aromatic rings. The third kappa shape index (κ3) is 7.72. The summed E-state index contributed by atoms with van der Waals surface area (Å²) in [5.41, 5.74) is 12.9. The van der Waals surface area contributed by atoms with Gasteiger partial charge < -0.3 is 21.7 Å². The van der Waals surface area contributed by atoms with E-state index in [9.17, 15) is 4.79 Å². The first-order valence-corrected chi connectivity index (χ1v) is 8.50. The van der Waals surface area contributed by atoms with Crippen molar-refractivity contribution in [3.05, 3.63) is 67.4 Å². The quantitative estimate of drug-likeness (QED) is 0.420. The minimum Gasteiger partial charge on any atom is -0.399 e. The summed E-state index contributed by atoms with van der Waals surface area (Å²) in [6.45, 7) is 13.0. The second-order valence-electron chi connectivity index (χ2n) is 6.01. The van der Waals surface area contributed by atoms with Crippen molar-refractivity contribution in [3.8, 4) is 0 Å². The van der Waals surface area contributed by atoms with Crippen LogP contribution in [0.4, 0.5) is 5.69 Å². The summed E-state index contributed by atoms with van der Waals surface area (Å²) < 4.78 is 0. The van der Waals surface area contributed by atoms with E-state index >= 15 is 0 Å². The highest BCUT2D eigenvalue weighted by Crippen LogP contribution is 2.15. The van der Waals surface area contributed by atoms with Gasteiger partial charge >= 0.3 is 0 Å². The zero-order valence-corrected chi connectivity index (χ0v) is 14.9. The number of piperidine rings is 1. The van der Waals surface area contributed by atoms with Gasteiger partial charge in [0.15, 0.2) is 0 Å². The highest BCUT2D eigenvalue weighted by atomic mass is 16.2. The van der Waals surface area contributed by atoms with E-state index in [0.717, 1.165) is 37.2 Å². The van der Waals surface area contributed by atoms with Crippen molar-refractivity contribution in [2.24, 2.45) is 5.73 Å². The molecule has 1 amide bonds. The molecular formula is C20H30N4O. The Labute approximate surface area is 151 Å². The van der Waals surface area contributed by atoms with E-state index in [1.807, 2.05) is 35.2 Å². The van der Waals surface area contributed by atoms with Crippen LogP contribution in [-0.2, 0) is 11.2 Å². The van der Waals surface area contributed by atoms with E-state index in [0.29, 0.717) is 24.7 Å². The van der Waals surface area contributed by atoms with Crippen LogP contribution in [0.3, 0.4) is 0 Å². The summed E-state index contributed by atoms with van der Waals surface area (Å²) in [6.07, 6.45) is 5.77. The molecule has 1 aliphatic rings. The van der Waals surface area contributed by atoms with Crippen molar-refractivity contribution in [2.75, 3.05) is 25.4 Å². The van der Waals surface area contributed by atoms with Crippen molar-refractivity contribution in [1.82, 2.24) is 10.2 Å². The van der Waals surface area contributed by atoms with Crippen molar-refractivity contribution >= 4 is 11.6 Å². The summed E-state index contributed by atoms with van der Waals surface area (Å²) in [6, 6.07) is 7.84. The first kappa shape index (κ1) is 20.5. The van der Waals surface area contributed by atoms with Gasteiger partial charge in [-0.15, -0.1) is 6.58 Å². The number of benzene rings is 1. The molecule has 5 nitrogen and oxygen atoms in total. The molecule has 0 spiro atoms. The Hall–Kier alpha value is -2.53. The fraction of sp³-hybridized carbons (Fsp3) is 0.350. The third-order valence-corrected chi connectivity index (χ3v) is 3.99. The number of hydrogen-bond acceptors (Lipinski definition) is 4. The van der Waals surface area contributed by atoms with E-state index in [4.69, 9.17) is 11.5 Å². The number of nitrogens with two attached hydrogens (primary N) is 2. The second-order valence-corrected chi connectivity index (χ2v) is 6.01. The Balaban J connectivity index is 0.000000550. The van der Waals surface area contributed by atoms with Gasteiger partial charge in [-0.05, 0) is 49.7 Å². The molecular weight excluding hydrogens is 312 g/mol. The van der Waals surface area contributed by atoms with Crippen molar-refractivity contribution < 1.29 is 4.79 Å². The number of rotatable bonds is 6. The fourth-order valence-corrected chi connectivity index (χ4v) is 2.62. The molecule has 0 unspecified atom stereocenters. The third-order valence-electron chi connectivity index (χ3n) is 3.99. The maximum atomic E-state index is 12.5. The molecule has 25 heavy (non-hydrogen) atoms. The Morgan fingerprint density at radius 3 is 2.28 bits per heavy atom. The van der Waals surface area contributed by atoms with Crippen LogP contribution in [0.15, 0.2) is 61.9 Å². The predicted molar refractivity (Wildman–Crippen MR) is 106 cm³/mol. The molecule has 1 aromatic carbocycles. The van der Waals surface area contributed by atoms with Crippen LogP contribution in [-0.4, -0.2) is 36.5 Å². The van der Waals surface area contributed by atoms with Crippen LogP contribution in [0.2, 0.25) is 0 Å².